The van der Waals surface area contributed by atoms with Gasteiger partial charge in [-0.1, -0.05) is 0 Å². The highest BCUT2D eigenvalue weighted by Crippen LogP contribution is 2.35. The van der Waals surface area contributed by atoms with Crippen molar-refractivity contribution in [2.24, 2.45) is 0 Å². The van der Waals surface area contributed by atoms with Crippen molar-refractivity contribution in [3.8, 4) is 0 Å². The molecule has 25 heavy (non-hydrogen) atoms. The Morgan fingerprint density at radius 1 is 1.40 bits per heavy atom. The molecule has 2 aromatic heterocycles. The topological polar surface area (TPSA) is 78.6 Å². The number of halogens is 2. The van der Waals surface area contributed by atoms with Crippen LogP contribution in [0.3, 0.4) is 0 Å². The molecule has 2 N–H and O–H groups in total. The van der Waals surface area contributed by atoms with E-state index >= 15 is 0 Å². The normalized spacial score (nSPS) is 14.6. The second kappa shape index (κ2) is 6.26. The zero-order valence-corrected chi connectivity index (χ0v) is 15.0. The van der Waals surface area contributed by atoms with E-state index in [2.05, 4.69) is 10.3 Å². The number of amides is 1. The highest BCUT2D eigenvalue weighted by atomic mass is 127. The Labute approximate surface area is 155 Å². The van der Waals surface area contributed by atoms with E-state index in [0.717, 1.165) is 3.57 Å². The number of hydrogen-bond donors (Lipinski definition) is 2. The number of nitrogens with zero attached hydrogens (tertiary/aromatic N) is 2. The molecule has 0 aliphatic carbocycles. The van der Waals surface area contributed by atoms with Crippen LogP contribution in [-0.2, 0) is 0 Å². The van der Waals surface area contributed by atoms with Gasteiger partial charge in [0, 0.05) is 29.1 Å². The zero-order valence-electron chi connectivity index (χ0n) is 12.9. The van der Waals surface area contributed by atoms with E-state index in [0.29, 0.717) is 16.7 Å². The number of rotatable bonds is 3. The summed E-state index contributed by atoms with van der Waals surface area (Å²) in [5.74, 6) is -0.703. The highest BCUT2D eigenvalue weighted by molar-refractivity contribution is 14.1. The van der Waals surface area contributed by atoms with Crippen LogP contribution >= 0.6 is 22.6 Å². The molecule has 8 heteroatoms. The molecule has 128 valence electrons. The molecular weight excluding hydrogens is 440 g/mol. The molecule has 1 aromatic carbocycles. The largest absolute Gasteiger partial charge is 0.448 e. The first-order valence-electron chi connectivity index (χ1n) is 7.59. The number of β-amino-alcohol motifs (C(OH)–C–C–N with tert-alkyl or cyclic N) is 1. The SMILES string of the molecule is O=C(c1oc2ccncc2c1Nc1ccc(I)cc1F)N1CC(O)C1. The van der Waals surface area contributed by atoms with E-state index in [1.807, 2.05) is 22.6 Å². The summed E-state index contributed by atoms with van der Waals surface area (Å²) in [6, 6.07) is 6.41. The van der Waals surface area contributed by atoms with Crippen LogP contribution in [0.1, 0.15) is 10.6 Å². The van der Waals surface area contributed by atoms with Crippen LogP contribution < -0.4 is 5.32 Å². The van der Waals surface area contributed by atoms with Gasteiger partial charge in [0.15, 0.2) is 0 Å². The van der Waals surface area contributed by atoms with Gasteiger partial charge in [0.05, 0.1) is 17.2 Å². The number of fused-ring (bicyclic) bond motifs is 1. The van der Waals surface area contributed by atoms with E-state index in [4.69, 9.17) is 4.42 Å². The van der Waals surface area contributed by atoms with Crippen molar-refractivity contribution in [2.75, 3.05) is 18.4 Å². The van der Waals surface area contributed by atoms with Crippen molar-refractivity contribution in [1.82, 2.24) is 9.88 Å². The van der Waals surface area contributed by atoms with Gasteiger partial charge in [-0.3, -0.25) is 9.78 Å². The number of anilines is 2. The fourth-order valence-electron chi connectivity index (χ4n) is 2.71. The first kappa shape index (κ1) is 16.3. The Balaban J connectivity index is 1.78. The summed E-state index contributed by atoms with van der Waals surface area (Å²) in [5.41, 5.74) is 1.09. The fraction of sp³-hybridized carbons (Fsp3) is 0.176. The number of pyridine rings is 1. The number of benzene rings is 1. The van der Waals surface area contributed by atoms with Gasteiger partial charge in [-0.2, -0.15) is 0 Å². The standard InChI is InChI=1S/C17H13FIN3O3/c18-12-5-9(19)1-2-13(12)21-15-11-6-20-4-3-14(11)25-16(15)17(24)22-7-10(23)8-22/h1-6,10,21,23H,7-8H2. The Hall–Kier alpha value is -2.20. The van der Waals surface area contributed by atoms with Crippen LogP contribution in [0.15, 0.2) is 41.1 Å². The summed E-state index contributed by atoms with van der Waals surface area (Å²) in [6.45, 7) is 0.511. The Kier molecular flexibility index (Phi) is 4.08. The van der Waals surface area contributed by atoms with Crippen molar-refractivity contribution in [2.45, 2.75) is 6.10 Å². The molecule has 3 heterocycles. The van der Waals surface area contributed by atoms with E-state index in [-0.39, 0.29) is 30.4 Å². The maximum absolute atomic E-state index is 14.2. The van der Waals surface area contributed by atoms with E-state index < -0.39 is 11.9 Å². The molecular formula is C17H13FIN3O3. The van der Waals surface area contributed by atoms with E-state index in [1.165, 1.54) is 11.0 Å². The second-order valence-corrected chi connectivity index (χ2v) is 7.04. The lowest BCUT2D eigenvalue weighted by atomic mass is 10.1. The Bertz CT molecular complexity index is 969. The van der Waals surface area contributed by atoms with Crippen LogP contribution in [0.5, 0.6) is 0 Å². The van der Waals surface area contributed by atoms with Crippen molar-refractivity contribution < 1.29 is 18.7 Å². The number of aromatic nitrogens is 1. The number of likely N-dealkylation sites (tertiary alicyclic amines) is 1. The van der Waals surface area contributed by atoms with Gasteiger partial charge in [0.1, 0.15) is 17.1 Å². The maximum Gasteiger partial charge on any atom is 0.292 e. The van der Waals surface area contributed by atoms with Crippen LogP contribution in [0, 0.1) is 9.39 Å². The van der Waals surface area contributed by atoms with Gasteiger partial charge in [0.25, 0.3) is 5.91 Å². The summed E-state index contributed by atoms with van der Waals surface area (Å²) in [6.07, 6.45) is 2.61. The molecule has 0 bridgehead atoms. The number of nitrogens with one attached hydrogen (secondary N) is 1. The van der Waals surface area contributed by atoms with Crippen molar-refractivity contribution >= 4 is 50.8 Å². The van der Waals surface area contributed by atoms with Crippen LogP contribution in [0.25, 0.3) is 11.0 Å². The molecule has 1 fully saturated rings. The maximum atomic E-state index is 14.2. The minimum Gasteiger partial charge on any atom is -0.448 e. The van der Waals surface area contributed by atoms with Crippen molar-refractivity contribution in [3.05, 3.63) is 51.8 Å². The Morgan fingerprint density at radius 2 is 2.20 bits per heavy atom. The minimum atomic E-state index is -0.514. The van der Waals surface area contributed by atoms with Crippen molar-refractivity contribution in [1.29, 1.82) is 0 Å². The molecule has 1 amide bonds. The molecule has 6 nitrogen and oxygen atoms in total. The van der Waals surface area contributed by atoms with Gasteiger partial charge in [-0.25, -0.2) is 4.39 Å². The third-order valence-electron chi connectivity index (χ3n) is 4.02. The average molecular weight is 453 g/mol. The molecule has 1 aliphatic rings. The molecule has 0 saturated carbocycles. The minimum absolute atomic E-state index is 0.0767. The molecule has 4 rings (SSSR count). The predicted octanol–water partition coefficient (Wildman–Crippen LogP) is 3.13. The third kappa shape index (κ3) is 2.95. The quantitative estimate of drug-likeness (QED) is 0.596. The monoisotopic (exact) mass is 453 g/mol. The highest BCUT2D eigenvalue weighted by Gasteiger charge is 2.33. The average Bonchev–Trinajstić information content (AvgIpc) is 2.92. The number of carbonyl (C=O) groups excluding carboxylic acids is 1. The molecule has 1 saturated heterocycles. The van der Waals surface area contributed by atoms with Gasteiger partial charge >= 0.3 is 0 Å². The molecule has 0 unspecified atom stereocenters. The predicted molar refractivity (Wildman–Crippen MR) is 98.3 cm³/mol. The summed E-state index contributed by atoms with van der Waals surface area (Å²) >= 11 is 2.03. The molecule has 0 radical (unpaired) electrons. The van der Waals surface area contributed by atoms with E-state index in [9.17, 15) is 14.3 Å². The summed E-state index contributed by atoms with van der Waals surface area (Å²) in [7, 11) is 0. The number of aliphatic hydroxyl groups excluding tert-OH is 1. The van der Waals surface area contributed by atoms with Crippen LogP contribution in [0.4, 0.5) is 15.8 Å². The van der Waals surface area contributed by atoms with Crippen molar-refractivity contribution in [3.63, 3.8) is 0 Å². The summed E-state index contributed by atoms with van der Waals surface area (Å²) in [4.78, 5) is 18.2. The molecule has 3 aromatic rings. The number of furan rings is 1. The Morgan fingerprint density at radius 3 is 2.92 bits per heavy atom. The van der Waals surface area contributed by atoms with Crippen LogP contribution in [-0.4, -0.2) is 40.1 Å². The first-order valence-corrected chi connectivity index (χ1v) is 8.66. The molecule has 0 spiro atoms. The van der Waals surface area contributed by atoms with E-state index in [1.54, 1.807) is 30.6 Å². The lowest BCUT2D eigenvalue weighted by molar-refractivity contribution is 0.00415. The lowest BCUT2D eigenvalue weighted by Crippen LogP contribution is -2.53. The molecule has 1 aliphatic heterocycles. The second-order valence-electron chi connectivity index (χ2n) is 5.79. The summed E-state index contributed by atoms with van der Waals surface area (Å²) in [5, 5.41) is 13.0. The number of carbonyl (C=O) groups is 1. The lowest BCUT2D eigenvalue weighted by Gasteiger charge is -2.35. The third-order valence-corrected chi connectivity index (χ3v) is 4.70. The number of hydrogen-bond acceptors (Lipinski definition) is 5. The van der Waals surface area contributed by atoms with Crippen LogP contribution in [0.2, 0.25) is 0 Å². The zero-order chi connectivity index (χ0) is 17.6. The van der Waals surface area contributed by atoms with Gasteiger partial charge in [-0.15, -0.1) is 0 Å². The van der Waals surface area contributed by atoms with Gasteiger partial charge in [0.2, 0.25) is 5.76 Å². The first-order chi connectivity index (χ1) is 12.0. The number of aliphatic hydroxyl groups is 1. The smallest absolute Gasteiger partial charge is 0.292 e. The van der Waals surface area contributed by atoms with Gasteiger partial charge in [-0.05, 0) is 46.9 Å². The fourth-order valence-corrected chi connectivity index (χ4v) is 3.16. The molecule has 0 atom stereocenters. The summed E-state index contributed by atoms with van der Waals surface area (Å²) < 4.78 is 20.7. The van der Waals surface area contributed by atoms with Gasteiger partial charge < -0.3 is 19.7 Å².